The van der Waals surface area contributed by atoms with Gasteiger partial charge in [-0.15, -0.1) is 0 Å². The number of halogens is 1. The van der Waals surface area contributed by atoms with Crippen LogP contribution in [0, 0.1) is 5.82 Å². The van der Waals surface area contributed by atoms with Crippen LogP contribution in [-0.2, 0) is 0 Å². The van der Waals surface area contributed by atoms with Crippen LogP contribution in [0.3, 0.4) is 0 Å². The first-order valence-electron chi connectivity index (χ1n) is 5.81. The first kappa shape index (κ1) is 13.0. The molecule has 0 atom stereocenters. The molecule has 19 heavy (non-hydrogen) atoms. The molecule has 0 saturated carbocycles. The van der Waals surface area contributed by atoms with Crippen molar-refractivity contribution < 1.29 is 13.9 Å². The summed E-state index contributed by atoms with van der Waals surface area (Å²) in [6, 6.07) is 13.4. The van der Waals surface area contributed by atoms with Crippen molar-refractivity contribution in [1.82, 2.24) is 0 Å². The van der Waals surface area contributed by atoms with E-state index >= 15 is 0 Å². The van der Waals surface area contributed by atoms with Gasteiger partial charge in [0.25, 0.3) is 0 Å². The van der Waals surface area contributed by atoms with Crippen molar-refractivity contribution in [3.05, 3.63) is 71.6 Å². The molecule has 2 rings (SSSR count). The molecule has 0 amide bonds. The van der Waals surface area contributed by atoms with E-state index in [9.17, 15) is 9.18 Å². The number of ketones is 1. The van der Waals surface area contributed by atoms with Crippen LogP contribution < -0.4 is 4.74 Å². The van der Waals surface area contributed by atoms with Gasteiger partial charge in [0, 0.05) is 17.2 Å². The molecule has 2 aromatic rings. The van der Waals surface area contributed by atoms with E-state index in [0.29, 0.717) is 16.9 Å². The van der Waals surface area contributed by atoms with Gasteiger partial charge in [0.2, 0.25) is 0 Å². The first-order chi connectivity index (χ1) is 9.20. The van der Waals surface area contributed by atoms with Crippen LogP contribution in [0.1, 0.15) is 15.9 Å². The Bertz CT molecular complexity index is 603. The van der Waals surface area contributed by atoms with Crippen molar-refractivity contribution in [2.45, 2.75) is 0 Å². The molecule has 96 valence electrons. The fourth-order valence-corrected chi connectivity index (χ4v) is 1.63. The van der Waals surface area contributed by atoms with Crippen LogP contribution in [0.15, 0.2) is 54.6 Å². The third-order valence-corrected chi connectivity index (χ3v) is 2.68. The lowest BCUT2D eigenvalue weighted by Crippen LogP contribution is -1.93. The molecule has 0 radical (unpaired) electrons. The Balaban J connectivity index is 2.17. The van der Waals surface area contributed by atoms with E-state index in [-0.39, 0.29) is 5.78 Å². The minimum atomic E-state index is -0.420. The molecular formula is C16H13FO2. The summed E-state index contributed by atoms with van der Waals surface area (Å²) in [5.41, 5.74) is 0.928. The zero-order chi connectivity index (χ0) is 13.7. The minimum absolute atomic E-state index is 0.157. The summed E-state index contributed by atoms with van der Waals surface area (Å²) in [6.07, 6.45) is 2.82. The number of allylic oxidation sites excluding steroid dienone is 1. The highest BCUT2D eigenvalue weighted by Crippen LogP contribution is 2.17. The van der Waals surface area contributed by atoms with E-state index in [2.05, 4.69) is 0 Å². The third-order valence-electron chi connectivity index (χ3n) is 2.68. The van der Waals surface area contributed by atoms with Crippen molar-refractivity contribution in [2.75, 3.05) is 7.11 Å². The molecule has 0 unspecified atom stereocenters. The molecular weight excluding hydrogens is 243 g/mol. The highest BCUT2D eigenvalue weighted by molar-refractivity contribution is 6.06. The number of carbonyl (C=O) groups is 1. The molecule has 2 aromatic carbocycles. The van der Waals surface area contributed by atoms with E-state index in [0.717, 1.165) is 0 Å². The third kappa shape index (κ3) is 3.28. The largest absolute Gasteiger partial charge is 0.497 e. The van der Waals surface area contributed by atoms with Gasteiger partial charge < -0.3 is 4.74 Å². The number of methoxy groups -OCH3 is 1. The fourth-order valence-electron chi connectivity index (χ4n) is 1.63. The quantitative estimate of drug-likeness (QED) is 0.615. The lowest BCUT2D eigenvalue weighted by molar-refractivity contribution is 0.104. The average Bonchev–Trinajstić information content (AvgIpc) is 2.46. The zero-order valence-corrected chi connectivity index (χ0v) is 10.5. The monoisotopic (exact) mass is 256 g/mol. The number of carbonyl (C=O) groups excluding carboxylic acids is 1. The molecule has 0 fully saturated rings. The Morgan fingerprint density at radius 1 is 1.16 bits per heavy atom. The van der Waals surface area contributed by atoms with E-state index < -0.39 is 5.82 Å². The standard InChI is InChI=1S/C16H13FO2/c1-19-14-9-7-12(15(17)11-14)8-10-16(18)13-5-3-2-4-6-13/h2-11H,1H3/b10-8+. The Kier molecular flexibility index (Phi) is 4.08. The molecule has 0 heterocycles. The molecule has 0 aliphatic carbocycles. The maximum atomic E-state index is 13.6. The number of hydrogen-bond donors (Lipinski definition) is 0. The van der Waals surface area contributed by atoms with Gasteiger partial charge in [-0.1, -0.05) is 30.3 Å². The summed E-state index contributed by atoms with van der Waals surface area (Å²) < 4.78 is 18.6. The maximum Gasteiger partial charge on any atom is 0.185 e. The smallest absolute Gasteiger partial charge is 0.185 e. The van der Waals surface area contributed by atoms with Crippen molar-refractivity contribution in [3.63, 3.8) is 0 Å². The summed E-state index contributed by atoms with van der Waals surface area (Å²) in [6.45, 7) is 0. The van der Waals surface area contributed by atoms with Crippen LogP contribution in [0.25, 0.3) is 6.08 Å². The molecule has 0 bridgehead atoms. The van der Waals surface area contributed by atoms with Crippen LogP contribution in [-0.4, -0.2) is 12.9 Å². The van der Waals surface area contributed by atoms with Crippen molar-refractivity contribution in [2.24, 2.45) is 0 Å². The van der Waals surface area contributed by atoms with Crippen molar-refractivity contribution in [3.8, 4) is 5.75 Å². The zero-order valence-electron chi connectivity index (χ0n) is 10.5. The molecule has 0 spiro atoms. The van der Waals surface area contributed by atoms with E-state index in [1.54, 1.807) is 36.4 Å². The average molecular weight is 256 g/mol. The van der Waals surface area contributed by atoms with E-state index in [1.807, 2.05) is 6.07 Å². The Labute approximate surface area is 111 Å². The highest BCUT2D eigenvalue weighted by Gasteiger charge is 2.03. The SMILES string of the molecule is COc1ccc(/C=C/C(=O)c2ccccc2)c(F)c1. The maximum absolute atomic E-state index is 13.6. The second-order valence-electron chi connectivity index (χ2n) is 3.95. The summed E-state index contributed by atoms with van der Waals surface area (Å²) >= 11 is 0. The van der Waals surface area contributed by atoms with Crippen LogP contribution in [0.2, 0.25) is 0 Å². The molecule has 2 nitrogen and oxygen atoms in total. The van der Waals surface area contributed by atoms with Gasteiger partial charge in [0.05, 0.1) is 7.11 Å². The van der Waals surface area contributed by atoms with Crippen LogP contribution >= 0.6 is 0 Å². The van der Waals surface area contributed by atoms with Gasteiger partial charge >= 0.3 is 0 Å². The van der Waals surface area contributed by atoms with Gasteiger partial charge in [0.15, 0.2) is 5.78 Å². The molecule has 0 aliphatic heterocycles. The van der Waals surface area contributed by atoms with Crippen LogP contribution in [0.5, 0.6) is 5.75 Å². The van der Waals surface area contributed by atoms with Crippen molar-refractivity contribution >= 4 is 11.9 Å². The normalized spacial score (nSPS) is 10.6. The number of benzene rings is 2. The molecule has 0 N–H and O–H groups in total. The topological polar surface area (TPSA) is 26.3 Å². The van der Waals surface area contributed by atoms with Gasteiger partial charge in [-0.2, -0.15) is 0 Å². The summed E-state index contributed by atoms with van der Waals surface area (Å²) in [7, 11) is 1.48. The highest BCUT2D eigenvalue weighted by atomic mass is 19.1. The lowest BCUT2D eigenvalue weighted by Gasteiger charge is -2.01. The molecule has 3 heteroatoms. The predicted octanol–water partition coefficient (Wildman–Crippen LogP) is 3.73. The number of ether oxygens (including phenoxy) is 1. The Morgan fingerprint density at radius 3 is 2.53 bits per heavy atom. The van der Waals surface area contributed by atoms with Gasteiger partial charge in [-0.25, -0.2) is 4.39 Å². The molecule has 0 saturated heterocycles. The lowest BCUT2D eigenvalue weighted by atomic mass is 10.1. The van der Waals surface area contributed by atoms with Gasteiger partial charge in [-0.3, -0.25) is 4.79 Å². The summed E-state index contributed by atoms with van der Waals surface area (Å²) in [5, 5.41) is 0. The Morgan fingerprint density at radius 2 is 1.89 bits per heavy atom. The number of rotatable bonds is 4. The number of hydrogen-bond acceptors (Lipinski definition) is 2. The van der Waals surface area contributed by atoms with Gasteiger partial charge in [0.1, 0.15) is 11.6 Å². The summed E-state index contributed by atoms with van der Waals surface area (Å²) in [4.78, 5) is 11.8. The minimum Gasteiger partial charge on any atom is -0.497 e. The second-order valence-corrected chi connectivity index (χ2v) is 3.95. The first-order valence-corrected chi connectivity index (χ1v) is 5.81. The second kappa shape index (κ2) is 5.96. The predicted molar refractivity (Wildman–Crippen MR) is 72.8 cm³/mol. The molecule has 0 aliphatic rings. The summed E-state index contributed by atoms with van der Waals surface area (Å²) in [5.74, 6) is -0.128. The van der Waals surface area contributed by atoms with Crippen LogP contribution in [0.4, 0.5) is 4.39 Å². The van der Waals surface area contributed by atoms with E-state index in [4.69, 9.17) is 4.74 Å². The van der Waals surface area contributed by atoms with Crippen molar-refractivity contribution in [1.29, 1.82) is 0 Å². The van der Waals surface area contributed by atoms with Gasteiger partial charge in [-0.05, 0) is 24.3 Å². The Hall–Kier alpha value is -2.42. The van der Waals surface area contributed by atoms with E-state index in [1.165, 1.54) is 25.3 Å². The molecule has 0 aromatic heterocycles. The fraction of sp³-hybridized carbons (Fsp3) is 0.0625.